The van der Waals surface area contributed by atoms with Gasteiger partial charge in [-0.25, -0.2) is 4.68 Å². The maximum Gasteiger partial charge on any atom is 0.228 e. The number of benzene rings is 2. The highest BCUT2D eigenvalue weighted by molar-refractivity contribution is 6.00. The van der Waals surface area contributed by atoms with E-state index in [2.05, 4.69) is 20.6 Å². The highest BCUT2D eigenvalue weighted by atomic mass is 16.1. The molecule has 118 valence electrons. The first-order valence-electron chi connectivity index (χ1n) is 7.60. The van der Waals surface area contributed by atoms with Gasteiger partial charge in [0, 0.05) is 11.6 Å². The molecule has 0 atom stereocenters. The van der Waals surface area contributed by atoms with Crippen LogP contribution in [-0.2, 0) is 11.2 Å². The first kappa shape index (κ1) is 14.2. The van der Waals surface area contributed by atoms with Gasteiger partial charge in [0.1, 0.15) is 0 Å². The van der Waals surface area contributed by atoms with E-state index < -0.39 is 0 Å². The Hall–Kier alpha value is -3.41. The van der Waals surface area contributed by atoms with Gasteiger partial charge in [0.05, 0.1) is 35.7 Å². The number of aromatic nitrogens is 4. The smallest absolute Gasteiger partial charge is 0.228 e. The highest BCUT2D eigenvalue weighted by Gasteiger charge is 2.09. The third kappa shape index (κ3) is 2.77. The Morgan fingerprint density at radius 1 is 1.08 bits per heavy atom. The molecule has 2 heterocycles. The fourth-order valence-corrected chi connectivity index (χ4v) is 2.63. The summed E-state index contributed by atoms with van der Waals surface area (Å²) in [5.74, 6) is -0.0929. The molecule has 0 aliphatic heterocycles. The number of para-hydroxylation sites is 2. The molecule has 0 aliphatic rings. The summed E-state index contributed by atoms with van der Waals surface area (Å²) in [5, 5.41) is 15.1. The van der Waals surface area contributed by atoms with Crippen LogP contribution >= 0.6 is 0 Å². The topological polar surface area (TPSA) is 75.6 Å². The summed E-state index contributed by atoms with van der Waals surface area (Å²) >= 11 is 0. The Kier molecular flexibility index (Phi) is 3.55. The minimum atomic E-state index is -0.0929. The van der Waals surface area contributed by atoms with Crippen LogP contribution in [0, 0.1) is 0 Å². The summed E-state index contributed by atoms with van der Waals surface area (Å²) in [7, 11) is 0. The first-order chi connectivity index (χ1) is 11.8. The van der Waals surface area contributed by atoms with E-state index in [0.29, 0.717) is 0 Å². The normalized spacial score (nSPS) is 10.8. The number of nitrogens with zero attached hydrogens (tertiary/aromatic N) is 3. The maximum atomic E-state index is 12.3. The standard InChI is InChI=1S/C18H15N5O/c24-17(21-16-8-4-5-14-11-19-22-18(14)16)9-13-10-20-23(12-13)15-6-2-1-3-7-15/h1-8,10-12H,9H2,(H,19,22)(H,21,24). The Morgan fingerprint density at radius 3 is 2.83 bits per heavy atom. The molecule has 2 N–H and O–H groups in total. The third-order valence-corrected chi connectivity index (χ3v) is 3.77. The second-order valence-corrected chi connectivity index (χ2v) is 5.49. The van der Waals surface area contributed by atoms with E-state index in [9.17, 15) is 4.79 Å². The van der Waals surface area contributed by atoms with Crippen LogP contribution in [0.1, 0.15) is 5.56 Å². The molecule has 4 aromatic rings. The van der Waals surface area contributed by atoms with Crippen LogP contribution in [0.3, 0.4) is 0 Å². The van der Waals surface area contributed by atoms with Crippen LogP contribution in [-0.4, -0.2) is 25.9 Å². The van der Waals surface area contributed by atoms with E-state index >= 15 is 0 Å². The first-order valence-corrected chi connectivity index (χ1v) is 7.60. The number of rotatable bonds is 4. The van der Waals surface area contributed by atoms with E-state index in [1.807, 2.05) is 54.7 Å². The van der Waals surface area contributed by atoms with Gasteiger partial charge in [-0.15, -0.1) is 0 Å². The molecule has 1 amide bonds. The monoisotopic (exact) mass is 317 g/mol. The number of H-pyrrole nitrogens is 1. The summed E-state index contributed by atoms with van der Waals surface area (Å²) in [6.45, 7) is 0. The maximum absolute atomic E-state index is 12.3. The minimum absolute atomic E-state index is 0.0929. The Labute approximate surface area is 138 Å². The number of anilines is 1. The minimum Gasteiger partial charge on any atom is -0.324 e. The van der Waals surface area contributed by atoms with E-state index in [0.717, 1.165) is 27.8 Å². The summed E-state index contributed by atoms with van der Waals surface area (Å²) in [6, 6.07) is 15.5. The van der Waals surface area contributed by atoms with Gasteiger partial charge in [0.25, 0.3) is 0 Å². The van der Waals surface area contributed by atoms with Crippen LogP contribution in [0.4, 0.5) is 5.69 Å². The highest BCUT2D eigenvalue weighted by Crippen LogP contribution is 2.20. The molecule has 0 spiro atoms. The predicted octanol–water partition coefficient (Wildman–Crippen LogP) is 2.93. The van der Waals surface area contributed by atoms with Crippen molar-refractivity contribution >= 4 is 22.5 Å². The number of hydrogen-bond donors (Lipinski definition) is 2. The summed E-state index contributed by atoms with van der Waals surface area (Å²) in [6.07, 6.45) is 5.57. The van der Waals surface area contributed by atoms with E-state index in [-0.39, 0.29) is 12.3 Å². The molecule has 0 aliphatic carbocycles. The van der Waals surface area contributed by atoms with Crippen LogP contribution in [0.25, 0.3) is 16.6 Å². The number of nitrogens with one attached hydrogen (secondary N) is 2. The lowest BCUT2D eigenvalue weighted by molar-refractivity contribution is -0.115. The molecule has 0 saturated carbocycles. The second-order valence-electron chi connectivity index (χ2n) is 5.49. The average Bonchev–Trinajstić information content (AvgIpc) is 3.25. The zero-order valence-electron chi connectivity index (χ0n) is 12.8. The molecule has 2 aromatic heterocycles. The van der Waals surface area contributed by atoms with Gasteiger partial charge >= 0.3 is 0 Å². The Bertz CT molecular complexity index is 987. The molecule has 24 heavy (non-hydrogen) atoms. The number of amides is 1. The van der Waals surface area contributed by atoms with Crippen molar-refractivity contribution in [3.63, 3.8) is 0 Å². The van der Waals surface area contributed by atoms with Gasteiger partial charge < -0.3 is 5.32 Å². The van der Waals surface area contributed by atoms with Crippen molar-refractivity contribution in [2.75, 3.05) is 5.32 Å². The van der Waals surface area contributed by atoms with Crippen molar-refractivity contribution in [1.29, 1.82) is 0 Å². The predicted molar refractivity (Wildman–Crippen MR) is 92.0 cm³/mol. The number of carbonyl (C=O) groups is 1. The average molecular weight is 317 g/mol. The van der Waals surface area contributed by atoms with Gasteiger partial charge in [0.2, 0.25) is 5.91 Å². The molecule has 0 saturated heterocycles. The second kappa shape index (κ2) is 6.00. The number of fused-ring (bicyclic) bond motifs is 1. The van der Waals surface area contributed by atoms with Crippen molar-refractivity contribution in [2.45, 2.75) is 6.42 Å². The van der Waals surface area contributed by atoms with Crippen LogP contribution < -0.4 is 5.32 Å². The molecule has 2 aromatic carbocycles. The SMILES string of the molecule is O=C(Cc1cnn(-c2ccccc2)c1)Nc1cccc2cn[nH]c12. The molecule has 0 unspecified atom stereocenters. The van der Waals surface area contributed by atoms with Gasteiger partial charge in [-0.05, 0) is 23.8 Å². The molecular weight excluding hydrogens is 302 g/mol. The lowest BCUT2D eigenvalue weighted by Crippen LogP contribution is -2.14. The lowest BCUT2D eigenvalue weighted by atomic mass is 10.2. The van der Waals surface area contributed by atoms with E-state index in [4.69, 9.17) is 0 Å². The fourth-order valence-electron chi connectivity index (χ4n) is 2.63. The van der Waals surface area contributed by atoms with E-state index in [1.54, 1.807) is 17.1 Å². The fraction of sp³-hybridized carbons (Fsp3) is 0.0556. The third-order valence-electron chi connectivity index (χ3n) is 3.77. The molecule has 0 fully saturated rings. The molecule has 4 rings (SSSR count). The number of aromatic amines is 1. The number of carbonyl (C=O) groups excluding carboxylic acids is 1. The van der Waals surface area contributed by atoms with Gasteiger partial charge in [-0.3, -0.25) is 9.89 Å². The van der Waals surface area contributed by atoms with Crippen molar-refractivity contribution in [2.24, 2.45) is 0 Å². The molecule has 0 radical (unpaired) electrons. The number of hydrogen-bond acceptors (Lipinski definition) is 3. The largest absolute Gasteiger partial charge is 0.324 e. The van der Waals surface area contributed by atoms with Crippen LogP contribution in [0.5, 0.6) is 0 Å². The quantitative estimate of drug-likeness (QED) is 0.607. The van der Waals surface area contributed by atoms with Gasteiger partial charge in [-0.2, -0.15) is 10.2 Å². The lowest BCUT2D eigenvalue weighted by Gasteiger charge is -2.05. The Morgan fingerprint density at radius 2 is 1.96 bits per heavy atom. The summed E-state index contributed by atoms with van der Waals surface area (Å²) in [4.78, 5) is 12.3. The zero-order valence-corrected chi connectivity index (χ0v) is 12.8. The Balaban J connectivity index is 1.49. The molecular formula is C18H15N5O. The van der Waals surface area contributed by atoms with Gasteiger partial charge in [0.15, 0.2) is 0 Å². The molecule has 6 heteroatoms. The molecule has 0 bridgehead atoms. The van der Waals surface area contributed by atoms with Crippen molar-refractivity contribution in [1.82, 2.24) is 20.0 Å². The van der Waals surface area contributed by atoms with Crippen molar-refractivity contribution in [3.05, 3.63) is 72.7 Å². The van der Waals surface area contributed by atoms with Crippen LogP contribution in [0.15, 0.2) is 67.1 Å². The zero-order chi connectivity index (χ0) is 16.4. The van der Waals surface area contributed by atoms with Crippen molar-refractivity contribution in [3.8, 4) is 5.69 Å². The summed E-state index contributed by atoms with van der Waals surface area (Å²) < 4.78 is 1.76. The molecule has 6 nitrogen and oxygen atoms in total. The summed E-state index contributed by atoms with van der Waals surface area (Å²) in [5.41, 5.74) is 3.37. The van der Waals surface area contributed by atoms with Gasteiger partial charge in [-0.1, -0.05) is 30.3 Å². The van der Waals surface area contributed by atoms with Crippen molar-refractivity contribution < 1.29 is 4.79 Å². The van der Waals surface area contributed by atoms with Crippen LogP contribution in [0.2, 0.25) is 0 Å². The van der Waals surface area contributed by atoms with E-state index in [1.165, 1.54) is 0 Å².